The normalized spacial score (nSPS) is 13.1. The van der Waals surface area contributed by atoms with Gasteiger partial charge in [0, 0.05) is 49.8 Å². The summed E-state index contributed by atoms with van der Waals surface area (Å²) in [7, 11) is 0. The monoisotopic (exact) mass is 498 g/mol. The summed E-state index contributed by atoms with van der Waals surface area (Å²) in [5.74, 6) is 2.71. The first-order chi connectivity index (χ1) is 17.4. The van der Waals surface area contributed by atoms with Gasteiger partial charge >= 0.3 is 0 Å². The summed E-state index contributed by atoms with van der Waals surface area (Å²) in [5.41, 5.74) is 4.24. The predicted molar refractivity (Wildman–Crippen MR) is 142 cm³/mol. The van der Waals surface area contributed by atoms with Gasteiger partial charge in [0.1, 0.15) is 11.5 Å². The van der Waals surface area contributed by atoms with Gasteiger partial charge in [0.05, 0.1) is 19.3 Å². The van der Waals surface area contributed by atoms with E-state index >= 15 is 0 Å². The molecule has 0 aliphatic carbocycles. The molecule has 0 amide bonds. The Labute approximate surface area is 214 Å². The molecule has 0 saturated heterocycles. The highest BCUT2D eigenvalue weighted by molar-refractivity contribution is 5.42. The van der Waals surface area contributed by atoms with Crippen molar-refractivity contribution in [2.24, 2.45) is 0 Å². The van der Waals surface area contributed by atoms with Gasteiger partial charge in [0.2, 0.25) is 0 Å². The van der Waals surface area contributed by atoms with Crippen LogP contribution in [0, 0.1) is 0 Å². The maximum absolute atomic E-state index is 10.3. The van der Waals surface area contributed by atoms with E-state index in [0.29, 0.717) is 31.2 Å². The standard InChI is InChI=1S/C29H42N2O5/c1-4-5-6-28-24(19-32)15-26(36-28)9-7-22-8-10-27(34)29(13-22)35-12-11-25-14-23(18-31-25)20(2)16-30-17-21(3)33/h8,10,13-15,18,20-21,30-34H,4-7,9,11-12,16-17,19H2,1-3H3/t20-,21+/m1/s1. The molecular formula is C29H42N2O5. The van der Waals surface area contributed by atoms with Gasteiger partial charge < -0.3 is 34.8 Å². The van der Waals surface area contributed by atoms with Crippen LogP contribution < -0.4 is 10.1 Å². The summed E-state index contributed by atoms with van der Waals surface area (Å²) in [6.07, 6.45) is 6.83. The molecule has 7 heteroatoms. The number of aromatic amines is 1. The zero-order valence-electron chi connectivity index (χ0n) is 21.8. The molecule has 0 unspecified atom stereocenters. The average Bonchev–Trinajstić information content (AvgIpc) is 3.49. The topological polar surface area (TPSA) is 111 Å². The molecule has 0 fully saturated rings. The molecule has 2 aromatic heterocycles. The Hall–Kier alpha value is -2.74. The van der Waals surface area contributed by atoms with Crippen molar-refractivity contribution in [2.75, 3.05) is 19.7 Å². The first-order valence-corrected chi connectivity index (χ1v) is 13.1. The molecule has 2 atom stereocenters. The van der Waals surface area contributed by atoms with Crippen molar-refractivity contribution in [2.45, 2.75) is 77.9 Å². The minimum absolute atomic E-state index is 0.000836. The van der Waals surface area contributed by atoms with Crippen LogP contribution >= 0.6 is 0 Å². The Morgan fingerprint density at radius 3 is 2.64 bits per heavy atom. The zero-order chi connectivity index (χ0) is 25.9. The Morgan fingerprint density at radius 1 is 1.06 bits per heavy atom. The number of phenolic OH excluding ortho intramolecular Hbond substituents is 1. The Bertz CT molecular complexity index is 1060. The number of ether oxygens (including phenoxy) is 1. The lowest BCUT2D eigenvalue weighted by molar-refractivity contribution is 0.191. The molecule has 2 heterocycles. The summed E-state index contributed by atoms with van der Waals surface area (Å²) in [4.78, 5) is 3.31. The van der Waals surface area contributed by atoms with Gasteiger partial charge in [0.15, 0.2) is 11.5 Å². The number of aromatic hydroxyl groups is 1. The third kappa shape index (κ3) is 8.43. The fraction of sp³-hybridized carbons (Fsp3) is 0.517. The molecule has 36 heavy (non-hydrogen) atoms. The van der Waals surface area contributed by atoms with Crippen LogP contribution in [-0.2, 0) is 32.3 Å². The number of aromatic nitrogens is 1. The van der Waals surface area contributed by atoms with Crippen molar-refractivity contribution < 1.29 is 24.5 Å². The van der Waals surface area contributed by atoms with Crippen LogP contribution in [0.3, 0.4) is 0 Å². The molecule has 198 valence electrons. The van der Waals surface area contributed by atoms with Crippen LogP contribution in [0.4, 0.5) is 0 Å². The van der Waals surface area contributed by atoms with Gasteiger partial charge in [0.25, 0.3) is 0 Å². The van der Waals surface area contributed by atoms with E-state index in [2.05, 4.69) is 30.2 Å². The van der Waals surface area contributed by atoms with Crippen LogP contribution in [0.25, 0.3) is 0 Å². The van der Waals surface area contributed by atoms with Crippen molar-refractivity contribution in [1.82, 2.24) is 10.3 Å². The highest BCUT2D eigenvalue weighted by Gasteiger charge is 2.12. The van der Waals surface area contributed by atoms with E-state index in [1.165, 1.54) is 5.56 Å². The first kappa shape index (κ1) is 27.8. The number of unbranched alkanes of at least 4 members (excludes halogenated alkanes) is 1. The smallest absolute Gasteiger partial charge is 0.161 e. The second kappa shape index (κ2) is 14.1. The lowest BCUT2D eigenvalue weighted by Crippen LogP contribution is -2.27. The molecule has 3 rings (SSSR count). The third-order valence-electron chi connectivity index (χ3n) is 6.41. The number of phenols is 1. The van der Waals surface area contributed by atoms with Crippen molar-refractivity contribution in [1.29, 1.82) is 0 Å². The molecule has 0 aliphatic heterocycles. The number of rotatable bonds is 16. The van der Waals surface area contributed by atoms with E-state index in [4.69, 9.17) is 9.15 Å². The Balaban J connectivity index is 1.49. The van der Waals surface area contributed by atoms with Gasteiger partial charge in [-0.2, -0.15) is 0 Å². The van der Waals surface area contributed by atoms with Gasteiger partial charge in [-0.3, -0.25) is 0 Å². The molecule has 0 bridgehead atoms. The number of aliphatic hydroxyl groups is 2. The number of aliphatic hydroxyl groups excluding tert-OH is 2. The van der Waals surface area contributed by atoms with E-state index in [1.807, 2.05) is 24.4 Å². The van der Waals surface area contributed by atoms with Gasteiger partial charge in [-0.25, -0.2) is 0 Å². The highest BCUT2D eigenvalue weighted by atomic mass is 16.5. The SMILES string of the molecule is CCCCc1oc(CCc2ccc(O)c(OCCc3cc([C@H](C)CNC[C@H](C)O)c[nH]3)c2)cc1CO. The lowest BCUT2D eigenvalue weighted by Gasteiger charge is -2.12. The number of aryl methyl sites for hydroxylation is 3. The second-order valence-electron chi connectivity index (χ2n) is 9.69. The summed E-state index contributed by atoms with van der Waals surface area (Å²) in [6, 6.07) is 9.57. The van der Waals surface area contributed by atoms with Crippen LogP contribution in [0.5, 0.6) is 11.5 Å². The van der Waals surface area contributed by atoms with E-state index in [1.54, 1.807) is 13.0 Å². The van der Waals surface area contributed by atoms with Gasteiger partial charge in [-0.1, -0.05) is 26.3 Å². The van der Waals surface area contributed by atoms with E-state index in [-0.39, 0.29) is 18.5 Å². The molecule has 0 aliphatic rings. The minimum atomic E-state index is -0.348. The number of hydrogen-bond acceptors (Lipinski definition) is 6. The quantitative estimate of drug-likeness (QED) is 0.197. The molecule has 7 nitrogen and oxygen atoms in total. The van der Waals surface area contributed by atoms with E-state index < -0.39 is 0 Å². The number of hydrogen-bond donors (Lipinski definition) is 5. The number of nitrogens with one attached hydrogen (secondary N) is 2. The molecule has 1 aromatic carbocycles. The van der Waals surface area contributed by atoms with Crippen LogP contribution in [0.2, 0.25) is 0 Å². The van der Waals surface area contributed by atoms with Gasteiger partial charge in [-0.05, 0) is 61.1 Å². The Kier molecular flexibility index (Phi) is 10.9. The van der Waals surface area contributed by atoms with Crippen molar-refractivity contribution in [3.8, 4) is 11.5 Å². The van der Waals surface area contributed by atoms with Crippen molar-refractivity contribution >= 4 is 0 Å². The largest absolute Gasteiger partial charge is 0.504 e. The molecule has 0 saturated carbocycles. The molecule has 5 N–H and O–H groups in total. The van der Waals surface area contributed by atoms with Gasteiger partial charge in [-0.15, -0.1) is 0 Å². The third-order valence-corrected chi connectivity index (χ3v) is 6.41. The van der Waals surface area contributed by atoms with Crippen LogP contribution in [0.15, 0.2) is 40.9 Å². The lowest BCUT2D eigenvalue weighted by atomic mass is 10.0. The summed E-state index contributed by atoms with van der Waals surface area (Å²) in [5, 5.41) is 32.5. The summed E-state index contributed by atoms with van der Waals surface area (Å²) < 4.78 is 11.9. The maximum atomic E-state index is 10.3. The highest BCUT2D eigenvalue weighted by Crippen LogP contribution is 2.28. The van der Waals surface area contributed by atoms with Crippen molar-refractivity contribution in [3.05, 3.63) is 70.4 Å². The van der Waals surface area contributed by atoms with Crippen LogP contribution in [0.1, 0.15) is 73.4 Å². The molecule has 3 aromatic rings. The summed E-state index contributed by atoms with van der Waals surface area (Å²) >= 11 is 0. The number of furan rings is 1. The minimum Gasteiger partial charge on any atom is -0.504 e. The number of H-pyrrole nitrogens is 1. The molecular weight excluding hydrogens is 456 g/mol. The Morgan fingerprint density at radius 2 is 1.89 bits per heavy atom. The van der Waals surface area contributed by atoms with E-state index in [9.17, 15) is 15.3 Å². The zero-order valence-corrected chi connectivity index (χ0v) is 21.8. The van der Waals surface area contributed by atoms with E-state index in [0.717, 1.165) is 67.0 Å². The second-order valence-corrected chi connectivity index (χ2v) is 9.69. The first-order valence-electron chi connectivity index (χ1n) is 13.1. The molecule has 0 spiro atoms. The summed E-state index contributed by atoms with van der Waals surface area (Å²) in [6.45, 7) is 7.91. The predicted octanol–water partition coefficient (Wildman–Crippen LogP) is 4.63. The average molecular weight is 499 g/mol. The van der Waals surface area contributed by atoms with Crippen LogP contribution in [-0.4, -0.2) is 46.1 Å². The number of benzene rings is 1. The maximum Gasteiger partial charge on any atom is 0.161 e. The van der Waals surface area contributed by atoms with Crippen molar-refractivity contribution in [3.63, 3.8) is 0 Å². The molecule has 0 radical (unpaired) electrons. The fourth-order valence-corrected chi connectivity index (χ4v) is 4.22. The fourth-order valence-electron chi connectivity index (χ4n) is 4.22.